The third-order valence-electron chi connectivity index (χ3n) is 5.13. The van der Waals surface area contributed by atoms with Crippen LogP contribution in [-0.4, -0.2) is 47.9 Å². The second-order valence-electron chi connectivity index (χ2n) is 6.85. The fourth-order valence-corrected chi connectivity index (χ4v) is 3.60. The van der Waals surface area contributed by atoms with Gasteiger partial charge in [0.05, 0.1) is 27.2 Å². The molecule has 0 aliphatic carbocycles. The van der Waals surface area contributed by atoms with Crippen LogP contribution in [0.3, 0.4) is 0 Å². The largest absolute Gasteiger partial charge is 0.497 e. The number of carbonyl (C=O) groups is 1. The van der Waals surface area contributed by atoms with Crippen molar-refractivity contribution in [3.8, 4) is 11.5 Å². The molecule has 0 radical (unpaired) electrons. The Morgan fingerprint density at radius 2 is 1.90 bits per heavy atom. The average molecular weight is 396 g/mol. The first-order valence-corrected chi connectivity index (χ1v) is 9.77. The topological polar surface area (TPSA) is 63.9 Å². The molecule has 1 N–H and O–H groups in total. The van der Waals surface area contributed by atoms with E-state index in [1.54, 1.807) is 25.2 Å². The summed E-state index contributed by atoms with van der Waals surface area (Å²) in [7, 11) is 3.19. The van der Waals surface area contributed by atoms with Crippen molar-refractivity contribution in [3.05, 3.63) is 59.8 Å². The van der Waals surface area contributed by atoms with E-state index in [1.165, 1.54) is 0 Å². The average Bonchev–Trinajstić information content (AvgIpc) is 3.11. The number of amides is 1. The smallest absolute Gasteiger partial charge is 0.227 e. The van der Waals surface area contributed by atoms with Gasteiger partial charge in [-0.05, 0) is 30.7 Å². The van der Waals surface area contributed by atoms with Crippen LogP contribution in [0.5, 0.6) is 11.5 Å². The summed E-state index contributed by atoms with van der Waals surface area (Å²) in [6.07, 6.45) is 2.33. The van der Waals surface area contributed by atoms with Crippen molar-refractivity contribution < 1.29 is 19.4 Å². The zero-order chi connectivity index (χ0) is 20.8. The number of hydrogen-bond donors (Lipinski definition) is 1. The van der Waals surface area contributed by atoms with Gasteiger partial charge in [0.15, 0.2) is 0 Å². The van der Waals surface area contributed by atoms with Crippen molar-refractivity contribution in [3.63, 3.8) is 0 Å². The highest BCUT2D eigenvalue weighted by Gasteiger charge is 2.19. The van der Waals surface area contributed by atoms with Gasteiger partial charge in [-0.25, -0.2) is 0 Å². The highest BCUT2D eigenvalue weighted by molar-refractivity contribution is 5.89. The van der Waals surface area contributed by atoms with Crippen molar-refractivity contribution in [1.29, 1.82) is 0 Å². The minimum atomic E-state index is -0.0963. The molecule has 1 amide bonds. The molecule has 0 fully saturated rings. The van der Waals surface area contributed by atoms with Crippen LogP contribution in [0.25, 0.3) is 10.9 Å². The Kier molecular flexibility index (Phi) is 6.77. The summed E-state index contributed by atoms with van der Waals surface area (Å²) in [6, 6.07) is 13.6. The minimum Gasteiger partial charge on any atom is -0.497 e. The normalized spacial score (nSPS) is 10.9. The Bertz CT molecular complexity index is 980. The first-order valence-electron chi connectivity index (χ1n) is 9.77. The van der Waals surface area contributed by atoms with Crippen molar-refractivity contribution in [2.24, 2.45) is 0 Å². The second kappa shape index (κ2) is 9.47. The monoisotopic (exact) mass is 396 g/mol. The van der Waals surface area contributed by atoms with E-state index >= 15 is 0 Å². The number of aliphatic hydroxyl groups excluding tert-OH is 1. The molecule has 0 aliphatic heterocycles. The Hall–Kier alpha value is -2.99. The van der Waals surface area contributed by atoms with Crippen molar-refractivity contribution >= 4 is 16.8 Å². The molecule has 0 saturated heterocycles. The van der Waals surface area contributed by atoms with Gasteiger partial charge in [0.2, 0.25) is 5.91 Å². The van der Waals surface area contributed by atoms with Crippen LogP contribution in [0.2, 0.25) is 0 Å². The minimum absolute atomic E-state index is 0.0315. The van der Waals surface area contributed by atoms with E-state index in [9.17, 15) is 9.90 Å². The molecule has 1 aromatic heterocycles. The van der Waals surface area contributed by atoms with E-state index in [0.29, 0.717) is 18.0 Å². The van der Waals surface area contributed by atoms with Crippen LogP contribution in [0.4, 0.5) is 0 Å². The number of benzene rings is 2. The number of nitrogens with zero attached hydrogens (tertiary/aromatic N) is 2. The van der Waals surface area contributed by atoms with Gasteiger partial charge in [0, 0.05) is 48.4 Å². The van der Waals surface area contributed by atoms with Crippen LogP contribution in [0.15, 0.2) is 48.7 Å². The maximum Gasteiger partial charge on any atom is 0.227 e. The molecule has 3 rings (SSSR count). The third-order valence-corrected chi connectivity index (χ3v) is 5.13. The summed E-state index contributed by atoms with van der Waals surface area (Å²) >= 11 is 0. The van der Waals surface area contributed by atoms with E-state index in [-0.39, 0.29) is 25.5 Å². The lowest BCUT2D eigenvalue weighted by Gasteiger charge is -2.23. The molecule has 0 atom stereocenters. The van der Waals surface area contributed by atoms with Crippen LogP contribution >= 0.6 is 0 Å². The fraction of sp³-hybridized carbons (Fsp3) is 0.348. The quantitative estimate of drug-likeness (QED) is 0.603. The van der Waals surface area contributed by atoms with Gasteiger partial charge in [0.25, 0.3) is 0 Å². The summed E-state index contributed by atoms with van der Waals surface area (Å²) < 4.78 is 12.9. The Balaban J connectivity index is 1.84. The number of aliphatic hydroxyl groups is 1. The molecule has 6 nitrogen and oxygen atoms in total. The first kappa shape index (κ1) is 20.7. The number of rotatable bonds is 9. The molecule has 3 aromatic rings. The van der Waals surface area contributed by atoms with E-state index in [2.05, 4.69) is 17.6 Å². The van der Waals surface area contributed by atoms with Crippen LogP contribution in [0, 0.1) is 0 Å². The summed E-state index contributed by atoms with van der Waals surface area (Å²) in [5.41, 5.74) is 2.99. The van der Waals surface area contributed by atoms with Gasteiger partial charge in [-0.15, -0.1) is 0 Å². The maximum absolute atomic E-state index is 13.1. The van der Waals surface area contributed by atoms with Gasteiger partial charge in [0.1, 0.15) is 11.5 Å². The van der Waals surface area contributed by atoms with E-state index in [0.717, 1.165) is 28.6 Å². The molecule has 0 bridgehead atoms. The molecular formula is C23H28N2O4. The van der Waals surface area contributed by atoms with E-state index in [4.69, 9.17) is 9.47 Å². The number of aromatic nitrogens is 1. The highest BCUT2D eigenvalue weighted by atomic mass is 16.5. The molecule has 154 valence electrons. The first-order chi connectivity index (χ1) is 14.1. The molecule has 0 saturated carbocycles. The van der Waals surface area contributed by atoms with Crippen LogP contribution in [-0.2, 0) is 24.3 Å². The molecule has 2 aromatic carbocycles. The number of para-hydroxylation sites is 1. The molecule has 0 aliphatic rings. The summed E-state index contributed by atoms with van der Waals surface area (Å²) in [5, 5.41) is 10.6. The zero-order valence-electron chi connectivity index (χ0n) is 17.2. The Labute approximate surface area is 171 Å². The summed E-state index contributed by atoms with van der Waals surface area (Å²) in [4.78, 5) is 14.8. The number of aryl methyl sites for hydroxylation is 1. The van der Waals surface area contributed by atoms with Gasteiger partial charge in [-0.1, -0.05) is 18.2 Å². The number of fused-ring (bicyclic) bond motifs is 1. The Morgan fingerprint density at radius 3 is 2.59 bits per heavy atom. The fourth-order valence-electron chi connectivity index (χ4n) is 3.60. The molecule has 29 heavy (non-hydrogen) atoms. The number of hydrogen-bond acceptors (Lipinski definition) is 4. The predicted molar refractivity (Wildman–Crippen MR) is 113 cm³/mol. The lowest BCUT2D eigenvalue weighted by atomic mass is 10.1. The number of carbonyl (C=O) groups excluding carboxylic acids is 1. The lowest BCUT2D eigenvalue weighted by molar-refractivity contribution is -0.131. The Morgan fingerprint density at radius 1 is 1.10 bits per heavy atom. The lowest BCUT2D eigenvalue weighted by Crippen LogP contribution is -2.34. The standard InChI is InChI=1S/C23H28N2O4/c1-4-24-16-18(20-7-5-6-8-21(20)24)13-23(27)25(11-12-26)15-17-9-10-19(28-2)14-22(17)29-3/h5-10,14,16,26H,4,11-13,15H2,1-3H3. The van der Waals surface area contributed by atoms with Crippen molar-refractivity contribution in [1.82, 2.24) is 9.47 Å². The van der Waals surface area contributed by atoms with Crippen LogP contribution < -0.4 is 9.47 Å². The van der Waals surface area contributed by atoms with Gasteiger partial charge in [-0.3, -0.25) is 4.79 Å². The SMILES string of the molecule is CCn1cc(CC(=O)N(CCO)Cc2ccc(OC)cc2OC)c2ccccc21. The van der Waals surface area contributed by atoms with Gasteiger partial charge in [-0.2, -0.15) is 0 Å². The summed E-state index contributed by atoms with van der Waals surface area (Å²) in [6.45, 7) is 3.46. The summed E-state index contributed by atoms with van der Waals surface area (Å²) in [5.74, 6) is 1.32. The molecule has 0 spiro atoms. The predicted octanol–water partition coefficient (Wildman–Crippen LogP) is 3.24. The third kappa shape index (κ3) is 4.54. The number of methoxy groups -OCH3 is 2. The van der Waals surface area contributed by atoms with Gasteiger partial charge >= 0.3 is 0 Å². The zero-order valence-corrected chi connectivity index (χ0v) is 17.2. The number of ether oxygens (including phenoxy) is 2. The van der Waals surface area contributed by atoms with E-state index in [1.807, 2.05) is 36.5 Å². The van der Waals surface area contributed by atoms with Crippen molar-refractivity contribution in [2.45, 2.75) is 26.4 Å². The maximum atomic E-state index is 13.1. The second-order valence-corrected chi connectivity index (χ2v) is 6.85. The molecular weight excluding hydrogens is 368 g/mol. The van der Waals surface area contributed by atoms with Crippen molar-refractivity contribution in [2.75, 3.05) is 27.4 Å². The van der Waals surface area contributed by atoms with Crippen LogP contribution in [0.1, 0.15) is 18.1 Å². The van der Waals surface area contributed by atoms with Gasteiger partial charge < -0.3 is 24.0 Å². The molecule has 1 heterocycles. The molecule has 6 heteroatoms. The highest BCUT2D eigenvalue weighted by Crippen LogP contribution is 2.27. The van der Waals surface area contributed by atoms with E-state index < -0.39 is 0 Å². The molecule has 0 unspecified atom stereocenters.